The van der Waals surface area contributed by atoms with Crippen molar-refractivity contribution in [3.05, 3.63) is 103 Å². The Morgan fingerprint density at radius 2 is 1.71 bits per heavy atom. The number of rotatable bonds is 8. The number of nitrogens with one attached hydrogen (secondary N) is 2. The number of hydrogen-bond donors (Lipinski definition) is 2. The number of non-ortho nitro benzene ring substituents is 1. The SMILES string of the molecule is COc1ccc(NC(=O)COc2ccccc2[C@@H]2c3sc(=O)[nH]c3S[C@@H]3[C@@H]4C[C@@H]([C@@H]5C(=O)N(c6ccc([N+](=O)[O-])cc6)C(=O)[C@@H]45)[C@H]23)cc1. The summed E-state index contributed by atoms with van der Waals surface area (Å²) >= 11 is 2.72. The first-order valence-corrected chi connectivity index (χ1v) is 17.1. The van der Waals surface area contributed by atoms with Gasteiger partial charge in [0.1, 0.15) is 11.5 Å². The number of thiazole rings is 1. The van der Waals surface area contributed by atoms with Crippen molar-refractivity contribution in [2.45, 2.75) is 22.6 Å². The molecule has 7 atom stereocenters. The van der Waals surface area contributed by atoms with Crippen LogP contribution >= 0.6 is 23.1 Å². The van der Waals surface area contributed by atoms with E-state index in [1.165, 1.54) is 29.2 Å². The van der Waals surface area contributed by atoms with E-state index in [0.717, 1.165) is 26.8 Å². The molecule has 4 aliphatic rings. The molecule has 2 aliphatic heterocycles. The van der Waals surface area contributed by atoms with Gasteiger partial charge in [0.15, 0.2) is 6.61 Å². The molecule has 1 aromatic heterocycles. The van der Waals surface area contributed by atoms with Crippen LogP contribution in [-0.4, -0.2) is 46.6 Å². The summed E-state index contributed by atoms with van der Waals surface area (Å²) in [6.07, 6.45) is 0.701. The molecule has 1 saturated heterocycles. The molecule has 2 bridgehead atoms. The topological polar surface area (TPSA) is 161 Å². The quantitative estimate of drug-likeness (QED) is 0.147. The van der Waals surface area contributed by atoms with E-state index in [2.05, 4.69) is 10.3 Å². The highest BCUT2D eigenvalue weighted by atomic mass is 32.2. The average Bonchev–Trinajstić information content (AvgIpc) is 3.83. The minimum Gasteiger partial charge on any atom is -0.497 e. The van der Waals surface area contributed by atoms with E-state index in [4.69, 9.17) is 9.47 Å². The number of H-pyrrole nitrogens is 1. The molecule has 3 heterocycles. The second-order valence-electron chi connectivity index (χ2n) is 12.3. The molecule has 12 nitrogen and oxygen atoms in total. The molecule has 3 fully saturated rings. The first kappa shape index (κ1) is 30.4. The lowest BCUT2D eigenvalue weighted by atomic mass is 9.68. The summed E-state index contributed by atoms with van der Waals surface area (Å²) in [4.78, 5) is 69.1. The van der Waals surface area contributed by atoms with Gasteiger partial charge in [0.05, 0.1) is 34.6 Å². The molecule has 2 saturated carbocycles. The van der Waals surface area contributed by atoms with Crippen LogP contribution in [0.25, 0.3) is 0 Å². The molecule has 0 spiro atoms. The molecule has 3 aromatic carbocycles. The number of carbonyl (C=O) groups excluding carboxylic acids is 3. The number of hydrogen-bond acceptors (Lipinski definition) is 10. The first-order valence-electron chi connectivity index (χ1n) is 15.4. The Hall–Kier alpha value is -4.95. The van der Waals surface area contributed by atoms with Crippen molar-refractivity contribution in [1.82, 2.24) is 4.98 Å². The van der Waals surface area contributed by atoms with E-state index in [1.807, 2.05) is 18.2 Å². The van der Waals surface area contributed by atoms with E-state index in [1.54, 1.807) is 49.2 Å². The van der Waals surface area contributed by atoms with Gasteiger partial charge in [-0.2, -0.15) is 0 Å². The molecule has 3 amide bonds. The lowest BCUT2D eigenvalue weighted by Gasteiger charge is -2.43. The van der Waals surface area contributed by atoms with Gasteiger partial charge in [-0.1, -0.05) is 29.5 Å². The molecule has 0 unspecified atom stereocenters. The summed E-state index contributed by atoms with van der Waals surface area (Å²) in [6.45, 7) is -0.247. The molecule has 2 N–H and O–H groups in total. The number of amides is 3. The van der Waals surface area contributed by atoms with E-state index in [9.17, 15) is 29.3 Å². The number of nitro benzene ring substituents is 1. The standard InChI is InChI=1S/C34H28N4O8S2/c1-45-19-12-6-16(7-13-19)35-24(39)15-46-23-5-3-2-4-20(23)25-26-21-14-22(29(26)47-31-30(25)48-34(42)36-31)28-27(21)32(40)37(33(28)41)17-8-10-18(11-9-17)38(43)44/h2-13,21-22,25-29H,14-15H2,1H3,(H,35,39)(H,36,42)/t21-,22-,25+,26-,27+,28+,29-/m1/s1. The Morgan fingerprint density at radius 3 is 2.42 bits per heavy atom. The van der Waals surface area contributed by atoms with Crippen LogP contribution in [-0.2, 0) is 14.4 Å². The molecular weight excluding hydrogens is 657 g/mol. The highest BCUT2D eigenvalue weighted by Gasteiger charge is 2.69. The number of para-hydroxylation sites is 1. The summed E-state index contributed by atoms with van der Waals surface area (Å²) in [5.74, 6) is -1.41. The second-order valence-corrected chi connectivity index (χ2v) is 14.6. The van der Waals surface area contributed by atoms with Crippen molar-refractivity contribution in [2.24, 2.45) is 29.6 Å². The van der Waals surface area contributed by atoms with Crippen molar-refractivity contribution in [1.29, 1.82) is 0 Å². The third kappa shape index (κ3) is 4.81. The number of aromatic nitrogens is 1. The monoisotopic (exact) mass is 684 g/mol. The van der Waals surface area contributed by atoms with Gasteiger partial charge in [0, 0.05) is 39.4 Å². The number of nitro groups is 1. The molecule has 0 radical (unpaired) electrons. The van der Waals surface area contributed by atoms with Crippen molar-refractivity contribution in [2.75, 3.05) is 23.9 Å². The van der Waals surface area contributed by atoms with E-state index < -0.39 is 16.8 Å². The largest absolute Gasteiger partial charge is 0.497 e. The number of aromatic amines is 1. The first-order chi connectivity index (χ1) is 23.2. The van der Waals surface area contributed by atoms with Gasteiger partial charge in [-0.05, 0) is 66.6 Å². The van der Waals surface area contributed by atoms with Crippen molar-refractivity contribution >= 4 is 57.9 Å². The van der Waals surface area contributed by atoms with Crippen LogP contribution in [0.15, 0.2) is 82.6 Å². The number of methoxy groups -OCH3 is 1. The van der Waals surface area contributed by atoms with E-state index in [-0.39, 0.29) is 63.8 Å². The minimum absolute atomic E-state index is 0.0426. The van der Waals surface area contributed by atoms with Crippen LogP contribution in [0.2, 0.25) is 0 Å². The average molecular weight is 685 g/mol. The summed E-state index contributed by atoms with van der Waals surface area (Å²) in [5, 5.41) is 14.7. The number of carbonyl (C=O) groups is 3. The highest BCUT2D eigenvalue weighted by molar-refractivity contribution is 8.00. The number of benzene rings is 3. The van der Waals surface area contributed by atoms with E-state index in [0.29, 0.717) is 29.3 Å². The van der Waals surface area contributed by atoms with Gasteiger partial charge in [0.25, 0.3) is 11.6 Å². The fourth-order valence-corrected chi connectivity index (χ4v) is 11.1. The number of imide groups is 1. The highest BCUT2D eigenvalue weighted by Crippen LogP contribution is 2.69. The van der Waals surface area contributed by atoms with E-state index >= 15 is 0 Å². The smallest absolute Gasteiger partial charge is 0.305 e. The molecule has 14 heteroatoms. The van der Waals surface area contributed by atoms with Gasteiger partial charge >= 0.3 is 4.87 Å². The number of anilines is 2. The lowest BCUT2D eigenvalue weighted by Crippen LogP contribution is -2.42. The summed E-state index contributed by atoms with van der Waals surface area (Å²) < 4.78 is 11.3. The van der Waals surface area contributed by atoms with Crippen LogP contribution in [0, 0.1) is 39.7 Å². The molecule has 48 heavy (non-hydrogen) atoms. The van der Waals surface area contributed by atoms with Gasteiger partial charge < -0.3 is 19.8 Å². The Labute approximate surface area is 281 Å². The van der Waals surface area contributed by atoms with Gasteiger partial charge in [-0.3, -0.25) is 34.2 Å². The fourth-order valence-electron chi connectivity index (χ4n) is 8.23. The maximum absolute atomic E-state index is 14.0. The van der Waals surface area contributed by atoms with Crippen LogP contribution < -0.4 is 24.6 Å². The molecular formula is C34H28N4O8S2. The molecule has 4 aromatic rings. The number of fused-ring (bicyclic) bond motifs is 9. The molecule has 2 aliphatic carbocycles. The van der Waals surface area contributed by atoms with Gasteiger partial charge in [0.2, 0.25) is 11.8 Å². The maximum Gasteiger partial charge on any atom is 0.305 e. The number of thioether (sulfide) groups is 1. The third-order valence-electron chi connectivity index (χ3n) is 10.0. The minimum atomic E-state index is -0.539. The van der Waals surface area contributed by atoms with Gasteiger partial charge in [-0.25, -0.2) is 0 Å². The normalized spacial score (nSPS) is 26.5. The number of nitrogens with zero attached hydrogens (tertiary/aromatic N) is 2. The predicted octanol–water partition coefficient (Wildman–Crippen LogP) is 5.05. The second kappa shape index (κ2) is 11.6. The van der Waals surface area contributed by atoms with Crippen molar-refractivity contribution in [3.8, 4) is 11.5 Å². The molecule has 8 rings (SSSR count). The Bertz CT molecular complexity index is 2030. The summed E-state index contributed by atoms with van der Waals surface area (Å²) in [7, 11) is 1.57. The number of ether oxygens (including phenoxy) is 2. The zero-order valence-electron chi connectivity index (χ0n) is 25.4. The van der Waals surface area contributed by atoms with Crippen LogP contribution in [0.4, 0.5) is 17.1 Å². The van der Waals surface area contributed by atoms with Crippen LogP contribution in [0.3, 0.4) is 0 Å². The van der Waals surface area contributed by atoms with Crippen molar-refractivity contribution < 1.29 is 28.8 Å². The Kier molecular flexibility index (Phi) is 7.36. The summed E-state index contributed by atoms with van der Waals surface area (Å²) in [6, 6.07) is 19.9. The predicted molar refractivity (Wildman–Crippen MR) is 178 cm³/mol. The maximum atomic E-state index is 14.0. The van der Waals surface area contributed by atoms with Gasteiger partial charge in [-0.15, -0.1) is 11.8 Å². The lowest BCUT2D eigenvalue weighted by molar-refractivity contribution is -0.384. The van der Waals surface area contributed by atoms with Crippen LogP contribution in [0.1, 0.15) is 22.8 Å². The Balaban J connectivity index is 1.10. The van der Waals surface area contributed by atoms with Crippen molar-refractivity contribution in [3.63, 3.8) is 0 Å². The van der Waals surface area contributed by atoms with Crippen LogP contribution in [0.5, 0.6) is 11.5 Å². The molecule has 244 valence electrons. The fraction of sp³-hybridized carbons (Fsp3) is 0.294. The summed E-state index contributed by atoms with van der Waals surface area (Å²) in [5.41, 5.74) is 1.62. The Morgan fingerprint density at radius 1 is 1.00 bits per heavy atom. The third-order valence-corrected chi connectivity index (χ3v) is 12.6. The zero-order chi connectivity index (χ0) is 33.3. The zero-order valence-corrected chi connectivity index (χ0v) is 27.0.